The van der Waals surface area contributed by atoms with E-state index >= 15 is 0 Å². The van der Waals surface area contributed by atoms with Gasteiger partial charge in [-0.15, -0.1) is 0 Å². The number of hydrogen-bond donors (Lipinski definition) is 1. The highest BCUT2D eigenvalue weighted by atomic mass is 16.7. The Morgan fingerprint density at radius 2 is 1.88 bits per heavy atom. The van der Waals surface area contributed by atoms with E-state index in [1.54, 1.807) is 36.7 Å². The maximum absolute atomic E-state index is 12.0. The van der Waals surface area contributed by atoms with Crippen molar-refractivity contribution in [3.8, 4) is 11.5 Å². The summed E-state index contributed by atoms with van der Waals surface area (Å²) in [6, 6.07) is 6.41. The zero-order valence-corrected chi connectivity index (χ0v) is 14.2. The summed E-state index contributed by atoms with van der Waals surface area (Å²) in [5.74, 6) is 1.07. The average molecular weight is 356 g/mol. The Morgan fingerprint density at radius 1 is 1.08 bits per heavy atom. The van der Waals surface area contributed by atoms with Crippen molar-refractivity contribution >= 4 is 11.9 Å². The summed E-state index contributed by atoms with van der Waals surface area (Å²) >= 11 is 0. The first kappa shape index (κ1) is 16.6. The monoisotopic (exact) mass is 356 g/mol. The molecule has 3 heterocycles. The quantitative estimate of drug-likeness (QED) is 0.883. The van der Waals surface area contributed by atoms with Crippen molar-refractivity contribution in [2.24, 2.45) is 0 Å². The molecule has 0 bridgehead atoms. The van der Waals surface area contributed by atoms with Crippen molar-refractivity contribution < 1.29 is 19.4 Å². The molecule has 8 nitrogen and oxygen atoms in total. The van der Waals surface area contributed by atoms with Crippen molar-refractivity contribution in [2.45, 2.75) is 12.5 Å². The number of anilines is 1. The van der Waals surface area contributed by atoms with Gasteiger partial charge in [-0.2, -0.15) is 0 Å². The van der Waals surface area contributed by atoms with Gasteiger partial charge in [-0.3, -0.25) is 9.69 Å². The number of ether oxygens (including phenoxy) is 2. The normalized spacial score (nSPS) is 18.4. The van der Waals surface area contributed by atoms with E-state index in [2.05, 4.69) is 14.9 Å². The first-order valence-electron chi connectivity index (χ1n) is 8.61. The SMILES string of the molecule is O=C(O)[C@H](c1ccc2c(c1)OCO2)N1CCCN(c2ncccn2)CC1. The van der Waals surface area contributed by atoms with Crippen LogP contribution >= 0.6 is 0 Å². The van der Waals surface area contributed by atoms with Crippen LogP contribution in [-0.4, -0.2) is 58.9 Å². The van der Waals surface area contributed by atoms with Crippen LogP contribution in [-0.2, 0) is 4.79 Å². The Kier molecular flexibility index (Phi) is 4.57. The molecule has 136 valence electrons. The summed E-state index contributed by atoms with van der Waals surface area (Å²) in [6.07, 6.45) is 4.28. The Hall–Kier alpha value is -2.87. The van der Waals surface area contributed by atoms with Gasteiger partial charge in [-0.1, -0.05) is 6.07 Å². The van der Waals surface area contributed by atoms with Gasteiger partial charge in [0.15, 0.2) is 11.5 Å². The highest BCUT2D eigenvalue weighted by molar-refractivity contribution is 5.76. The Morgan fingerprint density at radius 3 is 2.69 bits per heavy atom. The molecule has 1 aromatic carbocycles. The molecule has 0 aliphatic carbocycles. The Balaban J connectivity index is 1.53. The minimum absolute atomic E-state index is 0.173. The van der Waals surface area contributed by atoms with E-state index in [4.69, 9.17) is 9.47 Å². The van der Waals surface area contributed by atoms with Crippen LogP contribution in [0.15, 0.2) is 36.7 Å². The topological polar surface area (TPSA) is 88.0 Å². The molecule has 1 aromatic heterocycles. The number of carboxylic acids is 1. The molecule has 4 rings (SSSR count). The molecule has 2 aromatic rings. The maximum Gasteiger partial charge on any atom is 0.325 e. The third-order valence-electron chi connectivity index (χ3n) is 4.68. The second kappa shape index (κ2) is 7.17. The number of fused-ring (bicyclic) bond motifs is 1. The van der Waals surface area contributed by atoms with Gasteiger partial charge in [0.05, 0.1) is 0 Å². The van der Waals surface area contributed by atoms with Gasteiger partial charge in [-0.05, 0) is 30.2 Å². The van der Waals surface area contributed by atoms with Crippen LogP contribution in [0.25, 0.3) is 0 Å². The fraction of sp³-hybridized carbons (Fsp3) is 0.389. The largest absolute Gasteiger partial charge is 0.480 e. The summed E-state index contributed by atoms with van der Waals surface area (Å²) < 4.78 is 10.7. The van der Waals surface area contributed by atoms with Crippen LogP contribution in [0.5, 0.6) is 11.5 Å². The highest BCUT2D eigenvalue weighted by Crippen LogP contribution is 2.35. The van der Waals surface area contributed by atoms with Crippen LogP contribution in [0, 0.1) is 0 Å². The first-order chi connectivity index (χ1) is 12.7. The number of aliphatic carboxylic acids is 1. The van der Waals surface area contributed by atoms with E-state index < -0.39 is 12.0 Å². The molecular weight excluding hydrogens is 336 g/mol. The molecular formula is C18H20N4O4. The lowest BCUT2D eigenvalue weighted by Crippen LogP contribution is -2.37. The average Bonchev–Trinajstić information content (AvgIpc) is 2.99. The van der Waals surface area contributed by atoms with Gasteiger partial charge < -0.3 is 19.5 Å². The number of aromatic nitrogens is 2. The lowest BCUT2D eigenvalue weighted by atomic mass is 10.0. The molecule has 1 saturated heterocycles. The maximum atomic E-state index is 12.0. The lowest BCUT2D eigenvalue weighted by Gasteiger charge is -2.28. The second-order valence-corrected chi connectivity index (χ2v) is 6.28. The van der Waals surface area contributed by atoms with Crippen LogP contribution in [0.4, 0.5) is 5.95 Å². The fourth-order valence-corrected chi connectivity index (χ4v) is 3.44. The van der Waals surface area contributed by atoms with E-state index in [0.29, 0.717) is 42.6 Å². The zero-order valence-electron chi connectivity index (χ0n) is 14.2. The Bertz CT molecular complexity index is 786. The molecule has 2 aliphatic heterocycles. The molecule has 0 radical (unpaired) electrons. The number of carbonyl (C=O) groups is 1. The number of nitrogens with zero attached hydrogens (tertiary/aromatic N) is 4. The van der Waals surface area contributed by atoms with E-state index in [-0.39, 0.29) is 6.79 Å². The van der Waals surface area contributed by atoms with Crippen LogP contribution in [0.1, 0.15) is 18.0 Å². The third-order valence-corrected chi connectivity index (χ3v) is 4.68. The van der Waals surface area contributed by atoms with E-state index in [1.165, 1.54) is 0 Å². The first-order valence-corrected chi connectivity index (χ1v) is 8.61. The van der Waals surface area contributed by atoms with Gasteiger partial charge in [0, 0.05) is 38.6 Å². The predicted molar refractivity (Wildman–Crippen MR) is 93.4 cm³/mol. The minimum Gasteiger partial charge on any atom is -0.480 e. The van der Waals surface area contributed by atoms with Crippen molar-refractivity contribution in [2.75, 3.05) is 37.9 Å². The molecule has 1 atom stereocenters. The van der Waals surface area contributed by atoms with Crippen molar-refractivity contribution in [1.29, 1.82) is 0 Å². The van der Waals surface area contributed by atoms with Gasteiger partial charge in [0.25, 0.3) is 0 Å². The lowest BCUT2D eigenvalue weighted by molar-refractivity contribution is -0.143. The van der Waals surface area contributed by atoms with Crippen molar-refractivity contribution in [3.63, 3.8) is 0 Å². The molecule has 8 heteroatoms. The molecule has 0 amide bonds. The number of hydrogen-bond acceptors (Lipinski definition) is 7. The molecule has 0 unspecified atom stereocenters. The second-order valence-electron chi connectivity index (χ2n) is 6.28. The number of rotatable bonds is 4. The standard InChI is InChI=1S/C18H20N4O4/c23-17(24)16(13-3-4-14-15(11-13)26-12-25-14)21-7-2-8-22(10-9-21)18-19-5-1-6-20-18/h1,3-6,11,16H,2,7-10,12H2,(H,23,24)/t16-/m0/s1. The smallest absolute Gasteiger partial charge is 0.325 e. The highest BCUT2D eigenvalue weighted by Gasteiger charge is 2.30. The summed E-state index contributed by atoms with van der Waals surface area (Å²) in [4.78, 5) is 24.7. The summed E-state index contributed by atoms with van der Waals surface area (Å²) in [6.45, 7) is 2.96. The van der Waals surface area contributed by atoms with E-state index in [9.17, 15) is 9.90 Å². The minimum atomic E-state index is -0.867. The third kappa shape index (κ3) is 3.28. The molecule has 0 spiro atoms. The van der Waals surface area contributed by atoms with E-state index in [1.807, 2.05) is 4.90 Å². The fourth-order valence-electron chi connectivity index (χ4n) is 3.44. The molecule has 2 aliphatic rings. The Labute approximate surface area is 151 Å². The predicted octanol–water partition coefficient (Wildman–Crippen LogP) is 1.54. The van der Waals surface area contributed by atoms with Crippen molar-refractivity contribution in [3.05, 3.63) is 42.2 Å². The number of benzene rings is 1. The molecule has 1 N–H and O–H groups in total. The molecule has 0 saturated carbocycles. The van der Waals surface area contributed by atoms with Gasteiger partial charge in [0.2, 0.25) is 12.7 Å². The summed E-state index contributed by atoms with van der Waals surface area (Å²) in [5.41, 5.74) is 0.700. The summed E-state index contributed by atoms with van der Waals surface area (Å²) in [5, 5.41) is 9.85. The van der Waals surface area contributed by atoms with Gasteiger partial charge in [0.1, 0.15) is 6.04 Å². The van der Waals surface area contributed by atoms with Crippen LogP contribution in [0.3, 0.4) is 0 Å². The molecule has 26 heavy (non-hydrogen) atoms. The summed E-state index contributed by atoms with van der Waals surface area (Å²) in [7, 11) is 0. The van der Waals surface area contributed by atoms with Crippen LogP contribution in [0.2, 0.25) is 0 Å². The van der Waals surface area contributed by atoms with Gasteiger partial charge >= 0.3 is 5.97 Å². The van der Waals surface area contributed by atoms with Crippen molar-refractivity contribution in [1.82, 2.24) is 14.9 Å². The van der Waals surface area contributed by atoms with Gasteiger partial charge in [-0.25, -0.2) is 9.97 Å². The van der Waals surface area contributed by atoms with E-state index in [0.717, 1.165) is 13.0 Å². The molecule has 1 fully saturated rings. The zero-order chi connectivity index (χ0) is 17.9. The number of carboxylic acid groups (broad SMARTS) is 1. The van der Waals surface area contributed by atoms with Crippen LogP contribution < -0.4 is 14.4 Å².